The van der Waals surface area contributed by atoms with Crippen LogP contribution < -0.4 is 5.43 Å². The summed E-state index contributed by atoms with van der Waals surface area (Å²) in [5, 5.41) is 9.49. The van der Waals surface area contributed by atoms with E-state index in [-0.39, 0.29) is 5.57 Å². The van der Waals surface area contributed by atoms with E-state index in [9.17, 15) is 13.2 Å². The molecule has 12 heavy (non-hydrogen) atoms. The molecule has 0 spiro atoms. The minimum atomic E-state index is -4.34. The standard InChI is InChI=1S/C6H9F3N2O/c1-11-5(6(7,8)9)4(3-12)2-10-11/h2,5,10,12H,3H2,1H3. The Hall–Kier alpha value is -0.750. The summed E-state index contributed by atoms with van der Waals surface area (Å²) in [6, 6.07) is -1.71. The lowest BCUT2D eigenvalue weighted by molar-refractivity contribution is -0.171. The van der Waals surface area contributed by atoms with Gasteiger partial charge in [-0.25, -0.2) is 5.01 Å². The van der Waals surface area contributed by atoms with E-state index in [0.29, 0.717) is 0 Å². The van der Waals surface area contributed by atoms with E-state index in [1.165, 1.54) is 7.05 Å². The van der Waals surface area contributed by atoms with Crippen LogP contribution in [0, 0.1) is 0 Å². The predicted molar refractivity (Wildman–Crippen MR) is 35.9 cm³/mol. The number of hydrazine groups is 1. The normalized spacial score (nSPS) is 25.4. The van der Waals surface area contributed by atoms with Crippen LogP contribution in [0.15, 0.2) is 11.8 Å². The largest absolute Gasteiger partial charge is 0.409 e. The first-order valence-corrected chi connectivity index (χ1v) is 3.32. The predicted octanol–water partition coefficient (Wildman–Crippen LogP) is 0.243. The fraction of sp³-hybridized carbons (Fsp3) is 0.667. The van der Waals surface area contributed by atoms with Crippen molar-refractivity contribution < 1.29 is 18.3 Å². The molecule has 1 heterocycles. The second-order valence-corrected chi connectivity index (χ2v) is 2.56. The minimum absolute atomic E-state index is 0.0648. The topological polar surface area (TPSA) is 35.5 Å². The molecule has 0 radical (unpaired) electrons. The molecule has 6 heteroatoms. The van der Waals surface area contributed by atoms with Gasteiger partial charge in [0.1, 0.15) is 6.04 Å². The molecular formula is C6H9F3N2O. The number of rotatable bonds is 1. The van der Waals surface area contributed by atoms with Gasteiger partial charge in [0.2, 0.25) is 0 Å². The molecule has 0 amide bonds. The number of aliphatic hydroxyl groups is 1. The first kappa shape index (κ1) is 9.34. The van der Waals surface area contributed by atoms with Crippen LogP contribution in [0.3, 0.4) is 0 Å². The van der Waals surface area contributed by atoms with E-state index in [2.05, 4.69) is 5.43 Å². The third-order valence-corrected chi connectivity index (χ3v) is 1.68. The Morgan fingerprint density at radius 3 is 2.58 bits per heavy atom. The van der Waals surface area contributed by atoms with Crippen molar-refractivity contribution in [1.29, 1.82) is 0 Å². The highest BCUT2D eigenvalue weighted by Crippen LogP contribution is 2.30. The molecule has 3 nitrogen and oxygen atoms in total. The number of hydrogen-bond acceptors (Lipinski definition) is 3. The maximum atomic E-state index is 12.2. The second kappa shape index (κ2) is 2.95. The van der Waals surface area contributed by atoms with Crippen LogP contribution >= 0.6 is 0 Å². The number of hydrogen-bond donors (Lipinski definition) is 2. The Kier molecular flexibility index (Phi) is 2.29. The van der Waals surface area contributed by atoms with E-state index < -0.39 is 18.8 Å². The molecule has 0 aromatic rings. The van der Waals surface area contributed by atoms with Crippen LogP contribution in [-0.2, 0) is 0 Å². The van der Waals surface area contributed by atoms with E-state index in [0.717, 1.165) is 11.2 Å². The summed E-state index contributed by atoms with van der Waals surface area (Å²) in [6.45, 7) is -0.582. The van der Waals surface area contributed by atoms with Crippen LogP contribution in [0.2, 0.25) is 0 Å². The van der Waals surface area contributed by atoms with Gasteiger partial charge in [-0.05, 0) is 0 Å². The Labute approximate surface area is 67.4 Å². The van der Waals surface area contributed by atoms with Crippen LogP contribution in [-0.4, -0.2) is 36.0 Å². The van der Waals surface area contributed by atoms with Crippen LogP contribution in [0.25, 0.3) is 0 Å². The molecule has 1 unspecified atom stereocenters. The Bertz CT molecular complexity index is 201. The minimum Gasteiger partial charge on any atom is -0.392 e. The second-order valence-electron chi connectivity index (χ2n) is 2.56. The molecule has 0 saturated carbocycles. The number of likely N-dealkylation sites (N-methyl/N-ethyl adjacent to an activating group) is 1. The maximum Gasteiger partial charge on any atom is 0.409 e. The smallest absolute Gasteiger partial charge is 0.392 e. The van der Waals surface area contributed by atoms with Crippen molar-refractivity contribution in [3.8, 4) is 0 Å². The van der Waals surface area contributed by atoms with Gasteiger partial charge in [-0.15, -0.1) is 0 Å². The van der Waals surface area contributed by atoms with Gasteiger partial charge in [0, 0.05) is 18.8 Å². The van der Waals surface area contributed by atoms with E-state index in [1.54, 1.807) is 0 Å². The van der Waals surface area contributed by atoms with Crippen LogP contribution in [0.1, 0.15) is 0 Å². The fourth-order valence-corrected chi connectivity index (χ4v) is 1.15. The molecule has 0 fully saturated rings. The number of nitrogens with one attached hydrogen (secondary N) is 1. The lowest BCUT2D eigenvalue weighted by atomic mass is 10.1. The third kappa shape index (κ3) is 1.54. The summed E-state index contributed by atoms with van der Waals surface area (Å²) in [4.78, 5) is 0. The summed E-state index contributed by atoms with van der Waals surface area (Å²) < 4.78 is 36.6. The fourth-order valence-electron chi connectivity index (χ4n) is 1.15. The molecule has 1 rings (SSSR count). The number of halogens is 3. The zero-order valence-corrected chi connectivity index (χ0v) is 6.39. The highest BCUT2D eigenvalue weighted by molar-refractivity contribution is 5.17. The molecule has 0 saturated heterocycles. The lowest BCUT2D eigenvalue weighted by Crippen LogP contribution is -2.45. The Balaban J connectivity index is 2.80. The first-order valence-electron chi connectivity index (χ1n) is 3.32. The Morgan fingerprint density at radius 2 is 2.25 bits per heavy atom. The molecule has 1 aliphatic rings. The molecular weight excluding hydrogens is 173 g/mol. The van der Waals surface area contributed by atoms with Crippen molar-refractivity contribution in [2.75, 3.05) is 13.7 Å². The van der Waals surface area contributed by atoms with Gasteiger partial charge in [-0.3, -0.25) is 0 Å². The summed E-state index contributed by atoms with van der Waals surface area (Å²) in [7, 11) is 1.28. The van der Waals surface area contributed by atoms with E-state index in [1.807, 2.05) is 0 Å². The zero-order valence-electron chi connectivity index (χ0n) is 6.39. The van der Waals surface area contributed by atoms with Crippen molar-refractivity contribution in [3.05, 3.63) is 11.8 Å². The van der Waals surface area contributed by atoms with Crippen LogP contribution in [0.5, 0.6) is 0 Å². The van der Waals surface area contributed by atoms with Crippen molar-refractivity contribution in [2.24, 2.45) is 0 Å². The maximum absolute atomic E-state index is 12.2. The highest BCUT2D eigenvalue weighted by atomic mass is 19.4. The number of alkyl halides is 3. The van der Waals surface area contributed by atoms with Gasteiger partial charge in [0.15, 0.2) is 0 Å². The van der Waals surface area contributed by atoms with Crippen LogP contribution in [0.4, 0.5) is 13.2 Å². The molecule has 0 aromatic carbocycles. The van der Waals surface area contributed by atoms with Gasteiger partial charge in [0.05, 0.1) is 6.61 Å². The number of nitrogens with zero attached hydrogens (tertiary/aromatic N) is 1. The van der Waals surface area contributed by atoms with E-state index in [4.69, 9.17) is 5.11 Å². The van der Waals surface area contributed by atoms with Gasteiger partial charge in [-0.1, -0.05) is 0 Å². The summed E-state index contributed by atoms with van der Waals surface area (Å²) >= 11 is 0. The highest BCUT2D eigenvalue weighted by Gasteiger charge is 2.46. The third-order valence-electron chi connectivity index (χ3n) is 1.68. The SMILES string of the molecule is CN1NC=C(CO)C1C(F)(F)F. The van der Waals surface area contributed by atoms with Gasteiger partial charge >= 0.3 is 6.18 Å². The van der Waals surface area contributed by atoms with Crippen molar-refractivity contribution in [2.45, 2.75) is 12.2 Å². The van der Waals surface area contributed by atoms with E-state index >= 15 is 0 Å². The van der Waals surface area contributed by atoms with Crippen molar-refractivity contribution in [3.63, 3.8) is 0 Å². The Morgan fingerprint density at radius 1 is 1.67 bits per heavy atom. The average Bonchev–Trinajstić information content (AvgIpc) is 2.29. The number of aliphatic hydroxyl groups excluding tert-OH is 1. The molecule has 2 N–H and O–H groups in total. The zero-order chi connectivity index (χ0) is 9.35. The van der Waals surface area contributed by atoms with Crippen molar-refractivity contribution in [1.82, 2.24) is 10.4 Å². The monoisotopic (exact) mass is 182 g/mol. The molecule has 70 valence electrons. The molecule has 0 bridgehead atoms. The molecule has 1 aliphatic heterocycles. The van der Waals surface area contributed by atoms with Gasteiger partial charge in [0.25, 0.3) is 0 Å². The summed E-state index contributed by atoms with van der Waals surface area (Å²) in [5.74, 6) is 0. The molecule has 1 atom stereocenters. The molecule has 0 aliphatic carbocycles. The quantitative estimate of drug-likeness (QED) is 0.610. The average molecular weight is 182 g/mol. The van der Waals surface area contributed by atoms with Gasteiger partial charge in [-0.2, -0.15) is 13.2 Å². The summed E-state index contributed by atoms with van der Waals surface area (Å²) in [6.07, 6.45) is -3.18. The first-order chi connectivity index (χ1) is 5.46. The molecule has 0 aromatic heterocycles. The van der Waals surface area contributed by atoms with Gasteiger partial charge < -0.3 is 10.5 Å². The summed E-state index contributed by atoms with van der Waals surface area (Å²) in [5.41, 5.74) is 2.30. The van der Waals surface area contributed by atoms with Crippen molar-refractivity contribution >= 4 is 0 Å². The lowest BCUT2D eigenvalue weighted by Gasteiger charge is -2.24.